The zero-order valence-electron chi connectivity index (χ0n) is 13.9. The number of rotatable bonds is 4. The Kier molecular flexibility index (Phi) is 5.03. The standard InChI is InChI=1S/C18H16BrN3O4/c1-11-8-15(22(25)26)6-7-16(11)20-18(24)12-9-17(23)21(10-12)14-4-2-13(19)3-5-14/h2-8,12H,9-10H2,1H3,(H,20,24). The Morgan fingerprint density at radius 2 is 1.96 bits per heavy atom. The number of benzene rings is 2. The van der Waals surface area contributed by atoms with Crippen molar-refractivity contribution in [2.45, 2.75) is 13.3 Å². The Balaban J connectivity index is 1.70. The maximum absolute atomic E-state index is 12.5. The van der Waals surface area contributed by atoms with Gasteiger partial charge in [0.25, 0.3) is 5.69 Å². The molecule has 134 valence electrons. The lowest BCUT2D eigenvalue weighted by atomic mass is 10.1. The minimum absolute atomic E-state index is 0.0297. The molecule has 1 fully saturated rings. The van der Waals surface area contributed by atoms with Gasteiger partial charge in [0.05, 0.1) is 10.8 Å². The Morgan fingerprint density at radius 3 is 2.58 bits per heavy atom. The second kappa shape index (κ2) is 7.25. The first-order valence-electron chi connectivity index (χ1n) is 7.97. The molecule has 1 atom stereocenters. The Labute approximate surface area is 158 Å². The Bertz CT molecular complexity index is 883. The predicted molar refractivity (Wildman–Crippen MR) is 101 cm³/mol. The number of nitro groups is 1. The molecule has 0 aliphatic carbocycles. The number of nitrogens with zero attached hydrogens (tertiary/aromatic N) is 2. The van der Waals surface area contributed by atoms with Gasteiger partial charge in [-0.1, -0.05) is 15.9 Å². The number of carbonyl (C=O) groups is 2. The summed E-state index contributed by atoms with van der Waals surface area (Å²) in [5.41, 5.74) is 1.83. The summed E-state index contributed by atoms with van der Waals surface area (Å²) >= 11 is 3.35. The van der Waals surface area contributed by atoms with E-state index in [1.165, 1.54) is 18.2 Å². The van der Waals surface area contributed by atoms with Crippen molar-refractivity contribution in [1.29, 1.82) is 0 Å². The number of carbonyl (C=O) groups excluding carboxylic acids is 2. The average Bonchev–Trinajstić information content (AvgIpc) is 2.99. The van der Waals surface area contributed by atoms with Gasteiger partial charge in [-0.25, -0.2) is 0 Å². The van der Waals surface area contributed by atoms with Gasteiger partial charge >= 0.3 is 0 Å². The second-order valence-corrected chi connectivity index (χ2v) is 7.04. The van der Waals surface area contributed by atoms with E-state index in [1.807, 2.05) is 24.3 Å². The van der Waals surface area contributed by atoms with Crippen LogP contribution in [-0.2, 0) is 9.59 Å². The zero-order chi connectivity index (χ0) is 18.8. The fraction of sp³-hybridized carbons (Fsp3) is 0.222. The smallest absolute Gasteiger partial charge is 0.269 e. The normalized spacial score (nSPS) is 16.6. The fourth-order valence-corrected chi connectivity index (χ4v) is 3.15. The first-order valence-corrected chi connectivity index (χ1v) is 8.76. The molecule has 0 bridgehead atoms. The van der Waals surface area contributed by atoms with Crippen molar-refractivity contribution in [3.63, 3.8) is 0 Å². The van der Waals surface area contributed by atoms with E-state index in [-0.39, 0.29) is 23.9 Å². The number of amides is 2. The lowest BCUT2D eigenvalue weighted by Gasteiger charge is -2.17. The van der Waals surface area contributed by atoms with Crippen LogP contribution in [0.15, 0.2) is 46.9 Å². The van der Waals surface area contributed by atoms with E-state index < -0.39 is 10.8 Å². The van der Waals surface area contributed by atoms with Crippen LogP contribution >= 0.6 is 15.9 Å². The summed E-state index contributed by atoms with van der Waals surface area (Å²) in [6.07, 6.45) is 0.133. The highest BCUT2D eigenvalue weighted by molar-refractivity contribution is 9.10. The van der Waals surface area contributed by atoms with Crippen LogP contribution in [0.2, 0.25) is 0 Å². The van der Waals surface area contributed by atoms with E-state index in [9.17, 15) is 19.7 Å². The lowest BCUT2D eigenvalue weighted by Crippen LogP contribution is -2.28. The number of nitrogens with one attached hydrogen (secondary N) is 1. The van der Waals surface area contributed by atoms with Crippen LogP contribution in [0.5, 0.6) is 0 Å². The maximum Gasteiger partial charge on any atom is 0.269 e. The minimum Gasteiger partial charge on any atom is -0.326 e. The minimum atomic E-state index is -0.482. The molecule has 2 amide bonds. The van der Waals surface area contributed by atoms with Crippen molar-refractivity contribution in [2.75, 3.05) is 16.8 Å². The monoisotopic (exact) mass is 417 g/mol. The third-order valence-electron chi connectivity index (χ3n) is 4.31. The number of aryl methyl sites for hydroxylation is 1. The molecule has 0 spiro atoms. The molecule has 7 nitrogen and oxygen atoms in total. The van der Waals surface area contributed by atoms with Gasteiger partial charge in [0.2, 0.25) is 11.8 Å². The molecular weight excluding hydrogens is 402 g/mol. The third-order valence-corrected chi connectivity index (χ3v) is 4.84. The molecule has 0 radical (unpaired) electrons. The van der Waals surface area contributed by atoms with E-state index in [0.717, 1.165) is 10.2 Å². The highest BCUT2D eigenvalue weighted by atomic mass is 79.9. The molecular formula is C18H16BrN3O4. The molecule has 2 aromatic rings. The first kappa shape index (κ1) is 18.1. The van der Waals surface area contributed by atoms with Crippen LogP contribution in [0.25, 0.3) is 0 Å². The van der Waals surface area contributed by atoms with E-state index >= 15 is 0 Å². The lowest BCUT2D eigenvalue weighted by molar-refractivity contribution is -0.384. The number of non-ortho nitro benzene ring substituents is 1. The van der Waals surface area contributed by atoms with Crippen LogP contribution in [0.3, 0.4) is 0 Å². The van der Waals surface area contributed by atoms with Gasteiger partial charge in [0, 0.05) is 40.9 Å². The van der Waals surface area contributed by atoms with Gasteiger partial charge in [0.15, 0.2) is 0 Å². The number of anilines is 2. The van der Waals surface area contributed by atoms with Gasteiger partial charge in [-0.05, 0) is 42.8 Å². The molecule has 26 heavy (non-hydrogen) atoms. The fourth-order valence-electron chi connectivity index (χ4n) is 2.89. The molecule has 1 aliphatic heterocycles. The summed E-state index contributed by atoms with van der Waals surface area (Å²) in [6, 6.07) is 11.6. The molecule has 1 aliphatic rings. The SMILES string of the molecule is Cc1cc([N+](=O)[O-])ccc1NC(=O)C1CC(=O)N(c2ccc(Br)cc2)C1. The van der Waals surface area contributed by atoms with Gasteiger partial charge in [0.1, 0.15) is 0 Å². The van der Waals surface area contributed by atoms with Crippen LogP contribution in [0.4, 0.5) is 17.1 Å². The summed E-state index contributed by atoms with van der Waals surface area (Å²) in [5.74, 6) is -0.844. The number of hydrogen-bond acceptors (Lipinski definition) is 4. The van der Waals surface area contributed by atoms with Crippen LogP contribution in [-0.4, -0.2) is 23.3 Å². The summed E-state index contributed by atoms with van der Waals surface area (Å²) < 4.78 is 0.913. The summed E-state index contributed by atoms with van der Waals surface area (Å²) in [6.45, 7) is 1.99. The van der Waals surface area contributed by atoms with Gasteiger partial charge in [-0.2, -0.15) is 0 Å². The number of hydrogen-bond donors (Lipinski definition) is 1. The van der Waals surface area contributed by atoms with Crippen LogP contribution in [0.1, 0.15) is 12.0 Å². The second-order valence-electron chi connectivity index (χ2n) is 6.13. The topological polar surface area (TPSA) is 92.5 Å². The van der Waals surface area contributed by atoms with Crippen molar-refractivity contribution in [3.05, 3.63) is 62.6 Å². The molecule has 3 rings (SSSR count). The average molecular weight is 418 g/mol. The van der Waals surface area contributed by atoms with Crippen LogP contribution < -0.4 is 10.2 Å². The summed E-state index contributed by atoms with van der Waals surface area (Å²) in [5, 5.41) is 13.6. The molecule has 0 aromatic heterocycles. The first-order chi connectivity index (χ1) is 12.3. The zero-order valence-corrected chi connectivity index (χ0v) is 15.5. The van der Waals surface area contributed by atoms with Gasteiger partial charge in [-0.3, -0.25) is 19.7 Å². The summed E-state index contributed by atoms with van der Waals surface area (Å²) in [4.78, 5) is 36.7. The summed E-state index contributed by atoms with van der Waals surface area (Å²) in [7, 11) is 0. The third kappa shape index (κ3) is 3.75. The van der Waals surface area contributed by atoms with E-state index in [1.54, 1.807) is 11.8 Å². The van der Waals surface area contributed by atoms with Crippen molar-refractivity contribution in [1.82, 2.24) is 0 Å². The van der Waals surface area contributed by atoms with E-state index in [4.69, 9.17) is 0 Å². The highest BCUT2D eigenvalue weighted by Gasteiger charge is 2.35. The molecule has 8 heteroatoms. The van der Waals surface area contributed by atoms with Gasteiger partial charge < -0.3 is 10.2 Å². The predicted octanol–water partition coefficient (Wildman–Crippen LogP) is 3.66. The molecule has 2 aromatic carbocycles. The number of nitro benzene ring substituents is 1. The van der Waals surface area contributed by atoms with E-state index in [0.29, 0.717) is 17.8 Å². The molecule has 1 heterocycles. The van der Waals surface area contributed by atoms with Crippen molar-refractivity contribution in [3.8, 4) is 0 Å². The highest BCUT2D eigenvalue weighted by Crippen LogP contribution is 2.28. The maximum atomic E-state index is 12.5. The van der Waals surface area contributed by atoms with Crippen molar-refractivity contribution < 1.29 is 14.5 Å². The van der Waals surface area contributed by atoms with E-state index in [2.05, 4.69) is 21.2 Å². The van der Waals surface area contributed by atoms with Gasteiger partial charge in [-0.15, -0.1) is 0 Å². The van der Waals surface area contributed by atoms with Crippen molar-refractivity contribution >= 4 is 44.8 Å². The molecule has 1 saturated heterocycles. The molecule has 0 saturated carbocycles. The largest absolute Gasteiger partial charge is 0.326 e. The molecule has 1 N–H and O–H groups in total. The number of halogens is 1. The molecule has 1 unspecified atom stereocenters. The van der Waals surface area contributed by atoms with Crippen molar-refractivity contribution in [2.24, 2.45) is 5.92 Å². The Morgan fingerprint density at radius 1 is 1.27 bits per heavy atom. The quantitative estimate of drug-likeness (QED) is 0.606. The Hall–Kier alpha value is -2.74. The van der Waals surface area contributed by atoms with Crippen LogP contribution in [0, 0.1) is 23.0 Å².